The van der Waals surface area contributed by atoms with Gasteiger partial charge in [-0.2, -0.15) is 0 Å². The van der Waals surface area contributed by atoms with Crippen molar-refractivity contribution in [1.82, 2.24) is 10.2 Å². The third-order valence-corrected chi connectivity index (χ3v) is 6.76. The van der Waals surface area contributed by atoms with Crippen molar-refractivity contribution in [3.05, 3.63) is 59.4 Å². The lowest BCUT2D eigenvalue weighted by Crippen LogP contribution is -2.46. The van der Waals surface area contributed by atoms with Crippen molar-refractivity contribution in [3.8, 4) is 11.5 Å². The summed E-state index contributed by atoms with van der Waals surface area (Å²) in [6, 6.07) is 10.5. The van der Waals surface area contributed by atoms with Gasteiger partial charge >= 0.3 is 0 Å². The molecule has 202 valence electrons. The fourth-order valence-corrected chi connectivity index (χ4v) is 4.75. The molecule has 8 heteroatoms. The Labute approximate surface area is 219 Å². The van der Waals surface area contributed by atoms with E-state index < -0.39 is 12.1 Å². The van der Waals surface area contributed by atoms with Crippen LogP contribution in [0, 0.1) is 5.82 Å². The molecule has 2 aromatic carbocycles. The smallest absolute Gasteiger partial charge is 0.220 e. The minimum Gasteiger partial charge on any atom is -0.486 e. The van der Waals surface area contributed by atoms with Gasteiger partial charge < -0.3 is 24.8 Å². The molecular weight excluding hydrogens is 475 g/mol. The molecule has 0 radical (unpaired) electrons. The van der Waals surface area contributed by atoms with E-state index in [1.807, 2.05) is 6.07 Å². The summed E-state index contributed by atoms with van der Waals surface area (Å²) >= 11 is 0. The number of ketones is 1. The van der Waals surface area contributed by atoms with Crippen molar-refractivity contribution in [2.24, 2.45) is 0 Å². The Morgan fingerprint density at radius 1 is 0.946 bits per heavy atom. The fourth-order valence-electron chi connectivity index (χ4n) is 4.75. The number of nitrogens with one attached hydrogen (secondary N) is 1. The Bertz CT molecular complexity index is 1020. The average molecular weight is 515 g/mol. The normalized spacial score (nSPS) is 16.5. The van der Waals surface area contributed by atoms with Crippen LogP contribution >= 0.6 is 0 Å². The molecule has 2 atom stereocenters. The highest BCUT2D eigenvalue weighted by Crippen LogP contribution is 2.33. The highest BCUT2D eigenvalue weighted by atomic mass is 19.1. The van der Waals surface area contributed by atoms with Crippen LogP contribution in [-0.4, -0.2) is 60.6 Å². The molecule has 7 nitrogen and oxygen atoms in total. The molecule has 1 amide bonds. The number of carbonyl (C=O) groups excluding carboxylic acids is 2. The second-order valence-corrected chi connectivity index (χ2v) is 9.52. The number of unbranched alkanes of at least 4 members (excludes halogenated alkanes) is 2. The molecule has 2 aliphatic rings. The molecule has 2 N–H and O–H groups in total. The molecule has 4 rings (SSSR count). The second kappa shape index (κ2) is 14.1. The minimum atomic E-state index is -0.876. The maximum atomic E-state index is 13.0. The Balaban J connectivity index is 0.00000380. The number of halogens is 1. The zero-order valence-electron chi connectivity index (χ0n) is 20.6. The zero-order chi connectivity index (χ0) is 25.3. The summed E-state index contributed by atoms with van der Waals surface area (Å²) in [4.78, 5) is 27.2. The van der Waals surface area contributed by atoms with E-state index in [1.165, 1.54) is 24.3 Å². The van der Waals surface area contributed by atoms with Gasteiger partial charge in [0.25, 0.3) is 0 Å². The van der Waals surface area contributed by atoms with Gasteiger partial charge in [-0.3, -0.25) is 9.59 Å². The molecule has 0 unspecified atom stereocenters. The lowest BCUT2D eigenvalue weighted by atomic mass is 10.00. The Hall–Kier alpha value is -2.97. The number of likely N-dealkylation sites (tertiary alicyclic amines) is 1. The number of nitrogens with zero attached hydrogens (tertiary/aromatic N) is 1. The maximum Gasteiger partial charge on any atom is 0.220 e. The molecule has 0 spiro atoms. The minimum absolute atomic E-state index is 0. The number of aliphatic hydroxyl groups excluding tert-OH is 1. The largest absolute Gasteiger partial charge is 0.486 e. The first-order valence-electron chi connectivity index (χ1n) is 12.9. The van der Waals surface area contributed by atoms with E-state index in [9.17, 15) is 19.1 Å². The number of rotatable bonds is 12. The number of aliphatic hydroxyl groups is 1. The van der Waals surface area contributed by atoms with Gasteiger partial charge in [-0.15, -0.1) is 0 Å². The third kappa shape index (κ3) is 8.27. The first-order valence-corrected chi connectivity index (χ1v) is 12.9. The highest BCUT2D eigenvalue weighted by molar-refractivity contribution is 5.95. The van der Waals surface area contributed by atoms with E-state index in [0.29, 0.717) is 68.1 Å². The molecule has 1 saturated heterocycles. The number of hydrogen-bond acceptors (Lipinski definition) is 6. The number of Topliss-reactive ketones (excluding diaryl/α,β-unsaturated/α-hetero) is 1. The standard InChI is InChI=1S/C28H35FN2O5.CH4/c29-22-11-8-20(9-12-22)24(32)6-2-1-3-7-27(33)30-23(19-31-14-4-5-15-31)28(34)21-10-13-25-26(18-21)36-17-16-35-25;/h8-13,18,23,28,34H,1-7,14-17,19H2,(H,30,33);1H4/t23-,28-;/m1./s1. The second-order valence-electron chi connectivity index (χ2n) is 9.52. The van der Waals surface area contributed by atoms with Crippen LogP contribution in [0.3, 0.4) is 0 Å². The van der Waals surface area contributed by atoms with Gasteiger partial charge in [-0.25, -0.2) is 4.39 Å². The van der Waals surface area contributed by atoms with Crippen molar-refractivity contribution in [1.29, 1.82) is 0 Å². The summed E-state index contributed by atoms with van der Waals surface area (Å²) in [5.41, 5.74) is 1.19. The van der Waals surface area contributed by atoms with E-state index in [2.05, 4.69) is 10.2 Å². The fraction of sp³-hybridized carbons (Fsp3) is 0.517. The number of ether oxygens (including phenoxy) is 2. The van der Waals surface area contributed by atoms with Gasteiger partial charge in [-0.1, -0.05) is 19.9 Å². The molecular formula is C29H39FN2O5. The van der Waals surface area contributed by atoms with Crippen LogP contribution in [0.2, 0.25) is 0 Å². The van der Waals surface area contributed by atoms with Gasteiger partial charge in [0.05, 0.1) is 6.04 Å². The number of hydrogen-bond donors (Lipinski definition) is 2. The maximum absolute atomic E-state index is 13.0. The Morgan fingerprint density at radius 3 is 2.35 bits per heavy atom. The van der Waals surface area contributed by atoms with E-state index in [-0.39, 0.29) is 24.9 Å². The zero-order valence-corrected chi connectivity index (χ0v) is 20.6. The van der Waals surface area contributed by atoms with Crippen molar-refractivity contribution in [2.45, 2.75) is 64.5 Å². The molecule has 2 aliphatic heterocycles. The number of benzene rings is 2. The van der Waals surface area contributed by atoms with Gasteiger partial charge in [0.15, 0.2) is 17.3 Å². The molecule has 1 fully saturated rings. The molecule has 0 bridgehead atoms. The van der Waals surface area contributed by atoms with E-state index in [1.54, 1.807) is 12.1 Å². The van der Waals surface area contributed by atoms with E-state index in [0.717, 1.165) is 32.4 Å². The number of fused-ring (bicyclic) bond motifs is 1. The summed E-state index contributed by atoms with van der Waals surface area (Å²) in [5, 5.41) is 14.2. The summed E-state index contributed by atoms with van der Waals surface area (Å²) in [6.07, 6.45) is 4.12. The first-order chi connectivity index (χ1) is 17.5. The lowest BCUT2D eigenvalue weighted by Gasteiger charge is -2.29. The van der Waals surface area contributed by atoms with E-state index in [4.69, 9.17) is 9.47 Å². The van der Waals surface area contributed by atoms with Crippen LogP contribution < -0.4 is 14.8 Å². The van der Waals surface area contributed by atoms with Crippen molar-refractivity contribution >= 4 is 11.7 Å². The topological polar surface area (TPSA) is 88.1 Å². The summed E-state index contributed by atoms with van der Waals surface area (Å²) in [6.45, 7) is 3.47. The molecule has 0 aliphatic carbocycles. The molecule has 2 heterocycles. The van der Waals surface area contributed by atoms with Crippen LogP contribution in [0.5, 0.6) is 11.5 Å². The van der Waals surface area contributed by atoms with Crippen LogP contribution in [-0.2, 0) is 4.79 Å². The van der Waals surface area contributed by atoms with Crippen LogP contribution in [0.25, 0.3) is 0 Å². The molecule has 0 saturated carbocycles. The number of carbonyl (C=O) groups is 2. The van der Waals surface area contributed by atoms with Crippen LogP contribution in [0.15, 0.2) is 42.5 Å². The Morgan fingerprint density at radius 2 is 1.62 bits per heavy atom. The summed E-state index contributed by atoms with van der Waals surface area (Å²) in [7, 11) is 0. The van der Waals surface area contributed by atoms with Crippen molar-refractivity contribution in [3.63, 3.8) is 0 Å². The number of amides is 1. The van der Waals surface area contributed by atoms with Gasteiger partial charge in [0.1, 0.15) is 25.1 Å². The van der Waals surface area contributed by atoms with Crippen LogP contribution in [0.1, 0.15) is 74.4 Å². The predicted molar refractivity (Wildman–Crippen MR) is 141 cm³/mol. The third-order valence-electron chi connectivity index (χ3n) is 6.76. The molecule has 2 aromatic rings. The molecule has 37 heavy (non-hydrogen) atoms. The highest BCUT2D eigenvalue weighted by Gasteiger charge is 2.27. The quantitative estimate of drug-likeness (QED) is 0.316. The van der Waals surface area contributed by atoms with Gasteiger partial charge in [0, 0.05) is 24.9 Å². The van der Waals surface area contributed by atoms with E-state index >= 15 is 0 Å². The van der Waals surface area contributed by atoms with Crippen molar-refractivity contribution < 1.29 is 28.6 Å². The first kappa shape index (κ1) is 28.6. The van der Waals surface area contributed by atoms with Gasteiger partial charge in [-0.05, 0) is 80.7 Å². The monoisotopic (exact) mass is 514 g/mol. The van der Waals surface area contributed by atoms with Gasteiger partial charge in [0.2, 0.25) is 5.91 Å². The SMILES string of the molecule is C.O=C(CCCCCC(=O)c1ccc(F)cc1)N[C@H](CN1CCCC1)[C@H](O)c1ccc2c(c1)OCCO2. The lowest BCUT2D eigenvalue weighted by molar-refractivity contribution is -0.123. The predicted octanol–water partition coefficient (Wildman–Crippen LogP) is 4.68. The van der Waals surface area contributed by atoms with Crippen LogP contribution in [0.4, 0.5) is 4.39 Å². The Kier molecular flexibility index (Phi) is 10.9. The molecule has 0 aromatic heterocycles. The summed E-state index contributed by atoms with van der Waals surface area (Å²) < 4.78 is 24.3. The van der Waals surface area contributed by atoms with Crippen molar-refractivity contribution in [2.75, 3.05) is 32.8 Å². The average Bonchev–Trinajstić information content (AvgIpc) is 3.41. The summed E-state index contributed by atoms with van der Waals surface area (Å²) in [5.74, 6) is 0.780.